The second-order valence-electron chi connectivity index (χ2n) is 19.1. The zero-order valence-electron chi connectivity index (χ0n) is 48.4. The molecule has 0 bridgehead atoms. The van der Waals surface area contributed by atoms with Crippen LogP contribution in [0.15, 0.2) is 170 Å². The topological polar surface area (TPSA) is 78.9 Å². The molecular weight excluding hydrogens is 937 g/mol. The molecule has 1 unspecified atom stereocenters. The van der Waals surface area contributed by atoms with Gasteiger partial charge in [-0.25, -0.2) is 0 Å². The van der Waals surface area contributed by atoms with Crippen molar-refractivity contribution in [3.63, 3.8) is 0 Å². The molecule has 0 saturated heterocycles. The first-order valence-corrected chi connectivity index (χ1v) is 30.1. The van der Waals surface area contributed by atoms with Gasteiger partial charge in [-0.2, -0.15) is 0 Å². The molecule has 0 N–H and O–H groups in total. The number of unbranched alkanes of at least 4 members (excludes halogenated alkanes) is 13. The first kappa shape index (κ1) is 70.8. The van der Waals surface area contributed by atoms with Crippen molar-refractivity contribution < 1.29 is 28.6 Å². The Labute approximate surface area is 466 Å². The Kier molecular flexibility index (Phi) is 58.0. The Balaban J connectivity index is 4.40. The summed E-state index contributed by atoms with van der Waals surface area (Å²) in [6.45, 7) is 6.30. The highest BCUT2D eigenvalue weighted by Gasteiger charge is 2.19. The molecule has 0 rings (SSSR count). The number of ether oxygens (including phenoxy) is 3. The summed E-state index contributed by atoms with van der Waals surface area (Å²) in [5.74, 6) is -1.01. The Morgan fingerprint density at radius 1 is 0.276 bits per heavy atom. The summed E-state index contributed by atoms with van der Waals surface area (Å²) in [6.07, 6.45) is 92.2. The highest BCUT2D eigenvalue weighted by Crippen LogP contribution is 2.13. The zero-order valence-corrected chi connectivity index (χ0v) is 48.4. The molecule has 0 radical (unpaired) electrons. The maximum Gasteiger partial charge on any atom is 0.306 e. The van der Waals surface area contributed by atoms with E-state index in [1.807, 2.05) is 0 Å². The summed E-state index contributed by atoms with van der Waals surface area (Å²) in [5.41, 5.74) is 0. The van der Waals surface area contributed by atoms with Gasteiger partial charge in [0, 0.05) is 19.3 Å². The zero-order chi connectivity index (χ0) is 55.0. The molecule has 0 aliphatic carbocycles. The highest BCUT2D eigenvalue weighted by atomic mass is 16.6. The summed E-state index contributed by atoms with van der Waals surface area (Å²) in [7, 11) is 0. The van der Waals surface area contributed by atoms with Crippen molar-refractivity contribution in [2.45, 2.75) is 239 Å². The van der Waals surface area contributed by atoms with Crippen molar-refractivity contribution in [1.29, 1.82) is 0 Å². The minimum atomic E-state index is -0.824. The maximum atomic E-state index is 12.8. The van der Waals surface area contributed by atoms with Crippen LogP contribution >= 0.6 is 0 Å². The van der Waals surface area contributed by atoms with Crippen LogP contribution in [0.4, 0.5) is 0 Å². The van der Waals surface area contributed by atoms with Gasteiger partial charge in [-0.3, -0.25) is 14.4 Å². The molecule has 0 amide bonds. The molecule has 0 aliphatic heterocycles. The monoisotopic (exact) mass is 1040 g/mol. The molecule has 1 atom stereocenters. The van der Waals surface area contributed by atoms with E-state index in [9.17, 15) is 14.4 Å². The predicted molar refractivity (Wildman–Crippen MR) is 329 cm³/mol. The van der Waals surface area contributed by atoms with Gasteiger partial charge in [0.15, 0.2) is 6.10 Å². The Bertz CT molecular complexity index is 1770. The van der Waals surface area contributed by atoms with E-state index in [0.717, 1.165) is 154 Å². The van der Waals surface area contributed by atoms with Gasteiger partial charge in [0.05, 0.1) is 0 Å². The molecule has 76 heavy (non-hydrogen) atoms. The molecule has 0 spiro atoms. The normalized spacial score (nSPS) is 13.4. The van der Waals surface area contributed by atoms with Crippen molar-refractivity contribution in [2.24, 2.45) is 0 Å². The third kappa shape index (κ3) is 59.6. The van der Waals surface area contributed by atoms with Crippen LogP contribution in [0.5, 0.6) is 0 Å². The second-order valence-corrected chi connectivity index (χ2v) is 19.1. The predicted octanol–water partition coefficient (Wildman–Crippen LogP) is 20.7. The molecule has 424 valence electrons. The number of hydrogen-bond donors (Lipinski definition) is 0. The first-order chi connectivity index (χ1) is 37.5. The first-order valence-electron chi connectivity index (χ1n) is 30.1. The standard InChI is InChI=1S/C70H108O6/c1-4-7-10-13-16-19-21-23-25-27-29-31-33-34-35-36-38-39-41-43-45-47-49-51-54-57-60-63-69(72)75-66-67(65-74-68(71)62-59-56-53-18-15-12-9-6-3)76-70(73)64-61-58-55-52-50-48-46-44-42-40-37-32-30-28-26-24-22-20-17-14-11-8-5-2/h7-8,10-11,16-17,19-20,23-26,29-32,34-35,38-40,42-43,45-46,48,52,55,67H,4-6,9,12-15,18,21-22,27-28,33,36-37,41,44,47,49-51,53-54,56-66H2,1-3H3/b10-7-,11-8-,19-16-,20-17-,25-23-,26-24-,31-29-,32-30-,35-34-,39-38-,42-40-,45-43-,48-46-,55-52-. The molecule has 0 saturated carbocycles. The van der Waals surface area contributed by atoms with Gasteiger partial charge in [-0.05, 0) is 128 Å². The van der Waals surface area contributed by atoms with Crippen molar-refractivity contribution in [3.05, 3.63) is 170 Å². The minimum absolute atomic E-state index is 0.115. The van der Waals surface area contributed by atoms with Crippen molar-refractivity contribution >= 4 is 17.9 Å². The molecule has 0 aromatic heterocycles. The van der Waals surface area contributed by atoms with E-state index in [-0.39, 0.29) is 37.5 Å². The summed E-state index contributed by atoms with van der Waals surface area (Å²) < 4.78 is 16.7. The van der Waals surface area contributed by atoms with Crippen LogP contribution in [-0.2, 0) is 28.6 Å². The summed E-state index contributed by atoms with van der Waals surface area (Å²) in [6, 6.07) is 0. The van der Waals surface area contributed by atoms with Gasteiger partial charge >= 0.3 is 17.9 Å². The van der Waals surface area contributed by atoms with E-state index < -0.39 is 6.10 Å². The lowest BCUT2D eigenvalue weighted by Gasteiger charge is -2.18. The average Bonchev–Trinajstić information content (AvgIpc) is 3.42. The van der Waals surface area contributed by atoms with Crippen LogP contribution in [0, 0.1) is 0 Å². The Morgan fingerprint density at radius 2 is 0.526 bits per heavy atom. The molecular formula is C70H108O6. The number of hydrogen-bond acceptors (Lipinski definition) is 6. The van der Waals surface area contributed by atoms with Gasteiger partial charge in [-0.15, -0.1) is 0 Å². The number of carbonyl (C=O) groups excluding carboxylic acids is 3. The van der Waals surface area contributed by atoms with Crippen LogP contribution in [0.25, 0.3) is 0 Å². The number of esters is 3. The molecule has 0 fully saturated rings. The molecule has 6 nitrogen and oxygen atoms in total. The number of carbonyl (C=O) groups is 3. The van der Waals surface area contributed by atoms with E-state index in [4.69, 9.17) is 14.2 Å². The van der Waals surface area contributed by atoms with E-state index in [1.165, 1.54) is 32.1 Å². The quantitative estimate of drug-likeness (QED) is 0.0261. The Hall–Kier alpha value is -5.23. The van der Waals surface area contributed by atoms with Gasteiger partial charge < -0.3 is 14.2 Å². The lowest BCUT2D eigenvalue weighted by molar-refractivity contribution is -0.167. The van der Waals surface area contributed by atoms with Crippen LogP contribution < -0.4 is 0 Å². The number of allylic oxidation sites excluding steroid dienone is 28. The molecule has 0 aromatic rings. The lowest BCUT2D eigenvalue weighted by atomic mass is 10.1. The largest absolute Gasteiger partial charge is 0.462 e. The summed E-state index contributed by atoms with van der Waals surface area (Å²) >= 11 is 0. The van der Waals surface area contributed by atoms with Crippen LogP contribution in [-0.4, -0.2) is 37.2 Å². The second kappa shape index (κ2) is 62.3. The third-order valence-electron chi connectivity index (χ3n) is 12.0. The summed E-state index contributed by atoms with van der Waals surface area (Å²) in [4.78, 5) is 38.1. The van der Waals surface area contributed by atoms with E-state index >= 15 is 0 Å². The van der Waals surface area contributed by atoms with Gasteiger partial charge in [0.1, 0.15) is 13.2 Å². The number of rotatable bonds is 52. The molecule has 0 aromatic carbocycles. The van der Waals surface area contributed by atoms with E-state index in [0.29, 0.717) is 19.3 Å². The lowest BCUT2D eigenvalue weighted by Crippen LogP contribution is -2.30. The van der Waals surface area contributed by atoms with Crippen molar-refractivity contribution in [1.82, 2.24) is 0 Å². The third-order valence-corrected chi connectivity index (χ3v) is 12.0. The maximum absolute atomic E-state index is 12.8. The SMILES string of the molecule is CC/C=C\C/C=C\C/C=C\C/C=C\C/C=C\C/C=C\C/C=C\CCCCCCCC(=O)OCC(COC(=O)CCCCCCCCCC)OC(=O)CCC/C=C\C/C=C\C/C=C\C/C=C\C/C=C\C/C=C\C/C=C\CC. The minimum Gasteiger partial charge on any atom is -0.462 e. The molecule has 0 heterocycles. The average molecular weight is 1050 g/mol. The van der Waals surface area contributed by atoms with Crippen molar-refractivity contribution in [2.75, 3.05) is 13.2 Å². The fourth-order valence-electron chi connectivity index (χ4n) is 7.53. The van der Waals surface area contributed by atoms with Crippen LogP contribution in [0.1, 0.15) is 233 Å². The highest BCUT2D eigenvalue weighted by molar-refractivity contribution is 5.71. The van der Waals surface area contributed by atoms with Crippen LogP contribution in [0.3, 0.4) is 0 Å². The smallest absolute Gasteiger partial charge is 0.306 e. The van der Waals surface area contributed by atoms with Gasteiger partial charge in [0.25, 0.3) is 0 Å². The van der Waals surface area contributed by atoms with E-state index in [2.05, 4.69) is 191 Å². The Morgan fingerprint density at radius 3 is 0.842 bits per heavy atom. The fraction of sp³-hybridized carbons (Fsp3) is 0.557. The van der Waals surface area contributed by atoms with Crippen molar-refractivity contribution in [3.8, 4) is 0 Å². The molecule has 0 aliphatic rings. The van der Waals surface area contributed by atoms with Crippen LogP contribution in [0.2, 0.25) is 0 Å². The van der Waals surface area contributed by atoms with Gasteiger partial charge in [0.2, 0.25) is 0 Å². The summed E-state index contributed by atoms with van der Waals surface area (Å²) in [5, 5.41) is 0. The fourth-order valence-corrected chi connectivity index (χ4v) is 7.53. The van der Waals surface area contributed by atoms with Gasteiger partial charge in [-0.1, -0.05) is 255 Å². The van der Waals surface area contributed by atoms with E-state index in [1.54, 1.807) is 0 Å². The molecule has 6 heteroatoms.